The van der Waals surface area contributed by atoms with E-state index < -0.39 is 22.8 Å². The van der Waals surface area contributed by atoms with Crippen molar-refractivity contribution in [3.8, 4) is 0 Å². The second-order valence-corrected chi connectivity index (χ2v) is 7.16. The fourth-order valence-electron chi connectivity index (χ4n) is 3.11. The van der Waals surface area contributed by atoms with Crippen LogP contribution in [0.3, 0.4) is 0 Å². The van der Waals surface area contributed by atoms with Gasteiger partial charge in [-0.3, -0.25) is 4.79 Å². The lowest BCUT2D eigenvalue weighted by Crippen LogP contribution is -2.20. The molecule has 0 radical (unpaired) electrons. The van der Waals surface area contributed by atoms with Crippen LogP contribution in [0.15, 0.2) is 44.8 Å². The first-order chi connectivity index (χ1) is 14.7. The Morgan fingerprint density at radius 1 is 1.32 bits per heavy atom. The topological polar surface area (TPSA) is 116 Å². The maximum Gasteiger partial charge on any atom is 0.341 e. The normalized spacial score (nSPS) is 11.6. The zero-order valence-electron chi connectivity index (χ0n) is 16.3. The summed E-state index contributed by atoms with van der Waals surface area (Å²) in [4.78, 5) is 24.1. The van der Waals surface area contributed by atoms with Gasteiger partial charge in [0.05, 0.1) is 23.3 Å². The van der Waals surface area contributed by atoms with E-state index in [2.05, 4.69) is 15.3 Å². The van der Waals surface area contributed by atoms with Crippen LogP contribution in [-0.4, -0.2) is 36.7 Å². The molecule has 3 heterocycles. The van der Waals surface area contributed by atoms with E-state index in [4.69, 9.17) is 16.0 Å². The fourth-order valence-corrected chi connectivity index (χ4v) is 3.27. The predicted molar refractivity (Wildman–Crippen MR) is 110 cm³/mol. The van der Waals surface area contributed by atoms with Crippen molar-refractivity contribution in [1.82, 2.24) is 19.4 Å². The van der Waals surface area contributed by atoms with Crippen LogP contribution in [-0.2, 0) is 6.54 Å². The van der Waals surface area contributed by atoms with Gasteiger partial charge in [-0.25, -0.2) is 9.18 Å². The van der Waals surface area contributed by atoms with Crippen LogP contribution in [0.4, 0.5) is 4.39 Å². The summed E-state index contributed by atoms with van der Waals surface area (Å²) in [6.45, 7) is 3.50. The van der Waals surface area contributed by atoms with E-state index in [1.807, 2.05) is 6.92 Å². The number of carboxylic acids is 1. The number of benzene rings is 1. The van der Waals surface area contributed by atoms with Gasteiger partial charge in [0.25, 0.3) is 0 Å². The Bertz CT molecular complexity index is 1420. The number of rotatable bonds is 5. The van der Waals surface area contributed by atoms with Crippen LogP contribution in [0, 0.1) is 19.7 Å². The molecule has 0 aliphatic heterocycles. The summed E-state index contributed by atoms with van der Waals surface area (Å²) in [6.07, 6.45) is 2.65. The molecule has 0 unspecified atom stereocenters. The summed E-state index contributed by atoms with van der Waals surface area (Å²) in [7, 11) is 0. The second-order valence-electron chi connectivity index (χ2n) is 6.76. The predicted octanol–water partition coefficient (Wildman–Crippen LogP) is 3.22. The molecule has 158 valence electrons. The summed E-state index contributed by atoms with van der Waals surface area (Å²) >= 11 is 5.90. The molecule has 3 aromatic heterocycles. The molecule has 0 aliphatic rings. The molecule has 0 atom stereocenters. The van der Waals surface area contributed by atoms with E-state index in [0.717, 1.165) is 18.0 Å². The highest BCUT2D eigenvalue weighted by atomic mass is 35.5. The lowest BCUT2D eigenvalue weighted by atomic mass is 10.1. The third kappa shape index (κ3) is 3.84. The minimum atomic E-state index is -1.43. The molecule has 1 aromatic carbocycles. The van der Waals surface area contributed by atoms with Gasteiger partial charge in [-0.05, 0) is 38.1 Å². The number of carboxylic acid groups (broad SMARTS) is 1. The van der Waals surface area contributed by atoms with Crippen molar-refractivity contribution in [3.05, 3.63) is 80.3 Å². The van der Waals surface area contributed by atoms with Crippen molar-refractivity contribution in [1.29, 1.82) is 0 Å². The van der Waals surface area contributed by atoms with Crippen molar-refractivity contribution in [3.63, 3.8) is 0 Å². The van der Waals surface area contributed by atoms with Crippen LogP contribution >= 0.6 is 11.6 Å². The van der Waals surface area contributed by atoms with Gasteiger partial charge in [0, 0.05) is 11.6 Å². The molecular formula is C20H15ClFN5O4. The Labute approximate surface area is 179 Å². The molecule has 0 aliphatic carbocycles. The number of hydrogen-bond acceptors (Lipinski definition) is 6. The first kappa shape index (κ1) is 20.5. The van der Waals surface area contributed by atoms with E-state index in [0.29, 0.717) is 17.4 Å². The highest BCUT2D eigenvalue weighted by molar-refractivity contribution is 6.31. The van der Waals surface area contributed by atoms with Gasteiger partial charge in [-0.2, -0.15) is 9.78 Å². The molecule has 9 nitrogen and oxygen atoms in total. The molecule has 11 heteroatoms. The van der Waals surface area contributed by atoms with Gasteiger partial charge in [0.1, 0.15) is 22.9 Å². The van der Waals surface area contributed by atoms with Crippen molar-refractivity contribution in [2.75, 3.05) is 0 Å². The van der Waals surface area contributed by atoms with Crippen LogP contribution in [0.25, 0.3) is 10.9 Å². The third-order valence-electron chi connectivity index (χ3n) is 4.59. The number of nitrogens with zero attached hydrogens (tertiary/aromatic N) is 5. The highest BCUT2D eigenvalue weighted by Crippen LogP contribution is 2.22. The Morgan fingerprint density at radius 2 is 2.10 bits per heavy atom. The number of furan rings is 1. The van der Waals surface area contributed by atoms with Gasteiger partial charge in [-0.1, -0.05) is 11.6 Å². The second kappa shape index (κ2) is 7.80. The smallest absolute Gasteiger partial charge is 0.341 e. The Balaban J connectivity index is 1.83. The van der Waals surface area contributed by atoms with Crippen molar-refractivity contribution in [2.45, 2.75) is 20.4 Å². The molecule has 0 amide bonds. The standard InChI is InChI=1S/C20H15ClFN5O4/c1-10-3-4-12(31-10)7-23-27-11(2)24-25-18(27)9-26-8-14(20(29)30)19(28)13-5-16(22)15(21)6-17(13)26/h3-8H,9H2,1-2H3,(H,29,30)/b23-7+. The van der Waals surface area contributed by atoms with E-state index in [1.54, 1.807) is 19.1 Å². The summed E-state index contributed by atoms with van der Waals surface area (Å²) in [6, 6.07) is 5.74. The Hall–Kier alpha value is -3.79. The number of pyridine rings is 1. The third-order valence-corrected chi connectivity index (χ3v) is 4.88. The molecular weight excluding hydrogens is 429 g/mol. The van der Waals surface area contributed by atoms with E-state index >= 15 is 0 Å². The molecule has 4 rings (SSSR count). The number of hydrogen-bond donors (Lipinski definition) is 1. The lowest BCUT2D eigenvalue weighted by molar-refractivity contribution is 0.0695. The van der Waals surface area contributed by atoms with E-state index in [1.165, 1.54) is 21.5 Å². The monoisotopic (exact) mass is 443 g/mol. The van der Waals surface area contributed by atoms with Gasteiger partial charge >= 0.3 is 5.97 Å². The van der Waals surface area contributed by atoms with Crippen molar-refractivity contribution < 1.29 is 18.7 Å². The number of halogens is 2. The number of fused-ring (bicyclic) bond motifs is 1. The van der Waals surface area contributed by atoms with Crippen molar-refractivity contribution >= 4 is 34.7 Å². The average molecular weight is 444 g/mol. The first-order valence-corrected chi connectivity index (χ1v) is 9.39. The fraction of sp³-hybridized carbons (Fsp3) is 0.150. The average Bonchev–Trinajstić information content (AvgIpc) is 3.28. The number of aromatic carboxylic acids is 1. The van der Waals surface area contributed by atoms with Gasteiger partial charge in [-0.15, -0.1) is 10.2 Å². The molecule has 4 aromatic rings. The summed E-state index contributed by atoms with van der Waals surface area (Å²) in [5.41, 5.74) is -1.07. The minimum Gasteiger partial charge on any atom is -0.477 e. The zero-order valence-corrected chi connectivity index (χ0v) is 17.1. The quantitative estimate of drug-likeness (QED) is 0.473. The van der Waals surface area contributed by atoms with Crippen molar-refractivity contribution in [2.24, 2.45) is 5.10 Å². The van der Waals surface area contributed by atoms with Crippen LogP contribution in [0.2, 0.25) is 5.02 Å². The van der Waals surface area contributed by atoms with Gasteiger partial charge in [0.2, 0.25) is 5.43 Å². The highest BCUT2D eigenvalue weighted by Gasteiger charge is 2.18. The molecule has 0 saturated carbocycles. The van der Waals surface area contributed by atoms with Gasteiger partial charge in [0.15, 0.2) is 11.6 Å². The largest absolute Gasteiger partial charge is 0.477 e. The SMILES string of the molecule is Cc1ccc(/C=N/n2c(C)nnc2Cn2cc(C(=O)O)c(=O)c3cc(F)c(Cl)cc32)o1. The number of carbonyl (C=O) groups is 1. The molecule has 1 N–H and O–H groups in total. The van der Waals surface area contributed by atoms with E-state index in [9.17, 15) is 19.1 Å². The molecule has 0 bridgehead atoms. The summed E-state index contributed by atoms with van der Waals surface area (Å²) in [5, 5.41) is 21.5. The number of aromatic nitrogens is 4. The maximum atomic E-state index is 14.0. The molecule has 0 fully saturated rings. The Morgan fingerprint density at radius 3 is 2.77 bits per heavy atom. The summed E-state index contributed by atoms with van der Waals surface area (Å²) in [5.74, 6) is -0.174. The van der Waals surface area contributed by atoms with Crippen LogP contribution in [0.5, 0.6) is 0 Å². The first-order valence-electron chi connectivity index (χ1n) is 9.02. The van der Waals surface area contributed by atoms with Gasteiger partial charge < -0.3 is 14.1 Å². The molecule has 31 heavy (non-hydrogen) atoms. The molecule has 0 spiro atoms. The lowest BCUT2D eigenvalue weighted by Gasteiger charge is -2.12. The molecule has 0 saturated heterocycles. The number of aryl methyl sites for hydroxylation is 2. The van der Waals surface area contributed by atoms with Crippen LogP contribution in [0.1, 0.15) is 33.5 Å². The van der Waals surface area contributed by atoms with E-state index in [-0.39, 0.29) is 22.5 Å². The Kier molecular flexibility index (Phi) is 5.15. The summed E-state index contributed by atoms with van der Waals surface area (Å²) < 4.78 is 22.3. The van der Waals surface area contributed by atoms with Crippen LogP contribution < -0.4 is 5.43 Å². The minimum absolute atomic E-state index is 0.00557. The zero-order chi connectivity index (χ0) is 22.3. The maximum absolute atomic E-state index is 14.0.